The number of rotatable bonds is 11. The number of carboxylic acid groups (broad SMARTS) is 1. The van der Waals surface area contributed by atoms with Crippen molar-refractivity contribution >= 4 is 18.2 Å². The molecule has 0 bridgehead atoms. The van der Waals surface area contributed by atoms with Crippen LogP contribution in [0.3, 0.4) is 0 Å². The number of benzene rings is 2. The van der Waals surface area contributed by atoms with Crippen molar-refractivity contribution in [3.8, 4) is 11.1 Å². The predicted molar refractivity (Wildman–Crippen MR) is 151 cm³/mol. The summed E-state index contributed by atoms with van der Waals surface area (Å²) in [5, 5.41) is 14.8. The van der Waals surface area contributed by atoms with Gasteiger partial charge in [0.1, 0.15) is 12.6 Å². The standard InChI is InChI=1S/C32H38N2O6/c35-30(36)29(17-9-10-18-33-31(37)39-19-27-25-11-3-1-2-4-12-26(25)27)34-32(38)40-20-28-23-15-7-5-13-21(23)22-14-6-8-16-24(22)28/h1-2,5-8,13-16,25-29H,3-4,9-12,17-20H2,(H,33,37)(H,34,38)(H,35,36)/b2-1-/t25-,26+,27?,29-/m0/s1. The average molecular weight is 547 g/mol. The summed E-state index contributed by atoms with van der Waals surface area (Å²) in [6.45, 7) is 0.974. The van der Waals surface area contributed by atoms with Crippen LogP contribution in [0.5, 0.6) is 0 Å². The Balaban J connectivity index is 0.989. The molecular weight excluding hydrogens is 508 g/mol. The van der Waals surface area contributed by atoms with Crippen molar-refractivity contribution in [2.24, 2.45) is 17.8 Å². The highest BCUT2D eigenvalue weighted by Crippen LogP contribution is 2.52. The van der Waals surface area contributed by atoms with E-state index in [1.54, 1.807) is 0 Å². The lowest BCUT2D eigenvalue weighted by molar-refractivity contribution is -0.139. The van der Waals surface area contributed by atoms with Crippen molar-refractivity contribution in [2.75, 3.05) is 19.8 Å². The van der Waals surface area contributed by atoms with Crippen LogP contribution in [0.25, 0.3) is 11.1 Å². The SMILES string of the molecule is O=C(NCCCC[C@H](NC(=O)OCC1c2ccccc2-c2ccccc21)C(=O)O)OCC1[C@H]2CC/C=C\CC[C@@H]12. The zero-order valence-electron chi connectivity index (χ0n) is 22.7. The van der Waals surface area contributed by atoms with Gasteiger partial charge in [-0.2, -0.15) is 0 Å². The van der Waals surface area contributed by atoms with Crippen molar-refractivity contribution in [3.63, 3.8) is 0 Å². The summed E-state index contributed by atoms with van der Waals surface area (Å²) >= 11 is 0. The Morgan fingerprint density at radius 2 is 1.43 bits per heavy atom. The molecule has 3 aliphatic rings. The maximum atomic E-state index is 12.5. The molecule has 0 heterocycles. The molecule has 2 amide bonds. The summed E-state index contributed by atoms with van der Waals surface area (Å²) in [4.78, 5) is 36.3. The largest absolute Gasteiger partial charge is 0.480 e. The Labute approximate surface area is 235 Å². The number of carbonyl (C=O) groups is 3. The van der Waals surface area contributed by atoms with E-state index >= 15 is 0 Å². The number of unbranched alkanes of at least 4 members (excludes halogenated alkanes) is 1. The normalized spacial score (nSPS) is 22.4. The maximum absolute atomic E-state index is 12.5. The lowest BCUT2D eigenvalue weighted by atomic mass is 9.98. The second kappa shape index (κ2) is 13.0. The van der Waals surface area contributed by atoms with Gasteiger partial charge in [-0.15, -0.1) is 0 Å². The molecule has 3 N–H and O–H groups in total. The van der Waals surface area contributed by atoms with E-state index in [0.29, 0.717) is 43.7 Å². The van der Waals surface area contributed by atoms with Crippen molar-refractivity contribution < 1.29 is 29.0 Å². The molecule has 1 saturated carbocycles. The predicted octanol–water partition coefficient (Wildman–Crippen LogP) is 5.87. The van der Waals surface area contributed by atoms with Crippen LogP contribution in [0.4, 0.5) is 9.59 Å². The Hall–Kier alpha value is -3.81. The topological polar surface area (TPSA) is 114 Å². The summed E-state index contributed by atoms with van der Waals surface area (Å²) in [5.74, 6) is 0.617. The van der Waals surface area contributed by atoms with Crippen molar-refractivity contribution in [2.45, 2.75) is 56.9 Å². The molecule has 40 heavy (non-hydrogen) atoms. The average Bonchev–Trinajstić information content (AvgIpc) is 3.48. The van der Waals surface area contributed by atoms with Gasteiger partial charge >= 0.3 is 18.2 Å². The van der Waals surface area contributed by atoms with E-state index in [1.807, 2.05) is 36.4 Å². The number of allylic oxidation sites excluding steroid dienone is 2. The van der Waals surface area contributed by atoms with Gasteiger partial charge in [-0.25, -0.2) is 14.4 Å². The molecule has 4 atom stereocenters. The lowest BCUT2D eigenvalue weighted by Gasteiger charge is -2.17. The molecule has 212 valence electrons. The number of hydrogen-bond acceptors (Lipinski definition) is 5. The molecule has 8 heteroatoms. The quantitative estimate of drug-likeness (QED) is 0.240. The molecule has 3 aliphatic carbocycles. The van der Waals surface area contributed by atoms with E-state index in [0.717, 1.165) is 35.1 Å². The number of nitrogens with one attached hydrogen (secondary N) is 2. The molecule has 1 unspecified atom stereocenters. The van der Waals surface area contributed by atoms with Crippen LogP contribution < -0.4 is 10.6 Å². The Morgan fingerprint density at radius 3 is 2.05 bits per heavy atom. The second-order valence-electron chi connectivity index (χ2n) is 11.0. The third kappa shape index (κ3) is 6.66. The van der Waals surface area contributed by atoms with Crippen LogP contribution in [0.1, 0.15) is 62.0 Å². The van der Waals surface area contributed by atoms with E-state index < -0.39 is 24.2 Å². The fourth-order valence-corrected chi connectivity index (χ4v) is 6.37. The third-order valence-electron chi connectivity index (χ3n) is 8.54. The number of alkyl carbamates (subject to hydrolysis) is 2. The molecule has 1 fully saturated rings. The molecule has 0 spiro atoms. The Morgan fingerprint density at radius 1 is 0.825 bits per heavy atom. The lowest BCUT2D eigenvalue weighted by Crippen LogP contribution is -2.41. The minimum Gasteiger partial charge on any atom is -0.480 e. The first kappa shape index (κ1) is 27.7. The van der Waals surface area contributed by atoms with E-state index in [9.17, 15) is 19.5 Å². The minimum absolute atomic E-state index is 0.0952. The highest BCUT2D eigenvalue weighted by atomic mass is 16.6. The summed E-state index contributed by atoms with van der Waals surface area (Å²) < 4.78 is 10.9. The molecule has 0 aliphatic heterocycles. The first-order valence-corrected chi connectivity index (χ1v) is 14.4. The molecule has 0 radical (unpaired) electrons. The van der Waals surface area contributed by atoms with Crippen LogP contribution in [-0.4, -0.2) is 49.1 Å². The first-order chi connectivity index (χ1) is 19.5. The molecule has 0 aromatic heterocycles. The summed E-state index contributed by atoms with van der Waals surface area (Å²) in [5.41, 5.74) is 4.44. The molecule has 0 saturated heterocycles. The van der Waals surface area contributed by atoms with Gasteiger partial charge in [-0.05, 0) is 85.0 Å². The number of ether oxygens (including phenoxy) is 2. The highest BCUT2D eigenvalue weighted by Gasteiger charge is 2.49. The van der Waals surface area contributed by atoms with Crippen LogP contribution in [0, 0.1) is 17.8 Å². The van der Waals surface area contributed by atoms with Gasteiger partial charge in [-0.3, -0.25) is 0 Å². The van der Waals surface area contributed by atoms with E-state index in [1.165, 1.54) is 12.8 Å². The number of aliphatic carboxylic acids is 1. The van der Waals surface area contributed by atoms with E-state index in [2.05, 4.69) is 34.9 Å². The van der Waals surface area contributed by atoms with Gasteiger partial charge in [0.05, 0.1) is 6.61 Å². The zero-order chi connectivity index (χ0) is 27.9. The van der Waals surface area contributed by atoms with Gasteiger partial charge in [0.25, 0.3) is 0 Å². The second-order valence-corrected chi connectivity index (χ2v) is 11.0. The highest BCUT2D eigenvalue weighted by molar-refractivity contribution is 5.81. The molecular formula is C32H38N2O6. The maximum Gasteiger partial charge on any atom is 0.407 e. The van der Waals surface area contributed by atoms with E-state index in [-0.39, 0.29) is 18.9 Å². The van der Waals surface area contributed by atoms with Crippen molar-refractivity contribution in [3.05, 3.63) is 71.8 Å². The number of amides is 2. The number of hydrogen-bond donors (Lipinski definition) is 3. The van der Waals surface area contributed by atoms with Gasteiger partial charge < -0.3 is 25.2 Å². The molecule has 5 rings (SSSR count). The van der Waals surface area contributed by atoms with Gasteiger partial charge in [0.2, 0.25) is 0 Å². The fraction of sp³-hybridized carbons (Fsp3) is 0.469. The molecule has 2 aromatic carbocycles. The fourth-order valence-electron chi connectivity index (χ4n) is 6.37. The molecule has 2 aromatic rings. The Kier molecular flexibility index (Phi) is 9.04. The smallest absolute Gasteiger partial charge is 0.407 e. The number of fused-ring (bicyclic) bond motifs is 4. The third-order valence-corrected chi connectivity index (χ3v) is 8.54. The number of carboxylic acids is 1. The number of carbonyl (C=O) groups excluding carboxylic acids is 2. The summed E-state index contributed by atoms with van der Waals surface area (Å²) in [6, 6.07) is 15.0. The minimum atomic E-state index is -1.12. The Bertz CT molecular complexity index is 1180. The zero-order valence-corrected chi connectivity index (χ0v) is 22.7. The van der Waals surface area contributed by atoms with Gasteiger partial charge in [-0.1, -0.05) is 60.7 Å². The van der Waals surface area contributed by atoms with Crippen LogP contribution >= 0.6 is 0 Å². The summed E-state index contributed by atoms with van der Waals surface area (Å²) in [6.07, 6.45) is 9.21. The van der Waals surface area contributed by atoms with Crippen molar-refractivity contribution in [1.29, 1.82) is 0 Å². The summed E-state index contributed by atoms with van der Waals surface area (Å²) in [7, 11) is 0. The van der Waals surface area contributed by atoms with Crippen LogP contribution in [-0.2, 0) is 14.3 Å². The first-order valence-electron chi connectivity index (χ1n) is 14.4. The van der Waals surface area contributed by atoms with Gasteiger partial charge in [0.15, 0.2) is 0 Å². The molecule has 8 nitrogen and oxygen atoms in total. The van der Waals surface area contributed by atoms with Gasteiger partial charge in [0, 0.05) is 12.5 Å². The van der Waals surface area contributed by atoms with Crippen molar-refractivity contribution in [1.82, 2.24) is 10.6 Å². The van der Waals surface area contributed by atoms with Crippen LogP contribution in [0.15, 0.2) is 60.7 Å². The van der Waals surface area contributed by atoms with Crippen LogP contribution in [0.2, 0.25) is 0 Å². The van der Waals surface area contributed by atoms with E-state index in [4.69, 9.17) is 9.47 Å². The monoisotopic (exact) mass is 546 g/mol.